The van der Waals surface area contributed by atoms with E-state index < -0.39 is 9.84 Å². The summed E-state index contributed by atoms with van der Waals surface area (Å²) in [5.74, 6) is 0. The monoisotopic (exact) mass is 407 g/mol. The molecule has 3 N–H and O–H groups in total. The molecule has 1 heterocycles. The van der Waals surface area contributed by atoms with Gasteiger partial charge in [-0.1, -0.05) is 56.3 Å². The standard InChI is InChI=1S/C23H25N3O2S/c1-3-23(2,13-14-24)17-11-12-20-19(15-17)22(26-25-20)29(27,28)21-10-6-8-16-7-4-5-9-18(16)21/h4-12,15H,3,13-14,24H2,1-2H3,(H,25,26). The molecule has 0 fully saturated rings. The lowest BCUT2D eigenvalue weighted by molar-refractivity contribution is 0.426. The first-order valence-electron chi connectivity index (χ1n) is 9.82. The van der Waals surface area contributed by atoms with Crippen molar-refractivity contribution < 1.29 is 8.42 Å². The summed E-state index contributed by atoms with van der Waals surface area (Å²) in [5, 5.41) is 9.39. The average Bonchev–Trinajstić information content (AvgIpc) is 3.17. The molecule has 0 bridgehead atoms. The molecule has 0 aliphatic heterocycles. The van der Waals surface area contributed by atoms with Crippen molar-refractivity contribution in [3.8, 4) is 0 Å². The summed E-state index contributed by atoms with van der Waals surface area (Å²) in [5.41, 5.74) is 7.44. The molecule has 1 unspecified atom stereocenters. The van der Waals surface area contributed by atoms with Crippen molar-refractivity contribution in [2.24, 2.45) is 5.73 Å². The van der Waals surface area contributed by atoms with Gasteiger partial charge in [0.1, 0.15) is 0 Å². The molecule has 6 heteroatoms. The van der Waals surface area contributed by atoms with Crippen LogP contribution in [0.2, 0.25) is 0 Å². The van der Waals surface area contributed by atoms with E-state index in [0.717, 1.165) is 23.8 Å². The van der Waals surface area contributed by atoms with E-state index in [1.165, 1.54) is 0 Å². The fourth-order valence-electron chi connectivity index (χ4n) is 3.95. The minimum Gasteiger partial charge on any atom is -0.330 e. The van der Waals surface area contributed by atoms with Gasteiger partial charge in [0, 0.05) is 10.8 Å². The molecule has 5 nitrogen and oxygen atoms in total. The van der Waals surface area contributed by atoms with Gasteiger partial charge in [-0.15, -0.1) is 0 Å². The highest BCUT2D eigenvalue weighted by Crippen LogP contribution is 2.36. The predicted molar refractivity (Wildman–Crippen MR) is 117 cm³/mol. The van der Waals surface area contributed by atoms with Gasteiger partial charge in [0.25, 0.3) is 0 Å². The first-order chi connectivity index (χ1) is 13.9. The number of nitrogens with zero attached hydrogens (tertiary/aromatic N) is 1. The van der Waals surface area contributed by atoms with E-state index in [2.05, 4.69) is 24.0 Å². The van der Waals surface area contributed by atoms with Crippen molar-refractivity contribution in [2.45, 2.75) is 42.0 Å². The van der Waals surface area contributed by atoms with Crippen molar-refractivity contribution in [3.05, 3.63) is 66.2 Å². The normalized spacial score (nSPS) is 14.3. The lowest BCUT2D eigenvalue weighted by Crippen LogP contribution is -2.24. The molecular formula is C23H25N3O2S. The zero-order chi connectivity index (χ0) is 20.6. The van der Waals surface area contributed by atoms with E-state index in [0.29, 0.717) is 22.8 Å². The molecule has 1 atom stereocenters. The van der Waals surface area contributed by atoms with Crippen LogP contribution in [0.5, 0.6) is 0 Å². The third-order valence-corrected chi connectivity index (χ3v) is 7.78. The van der Waals surface area contributed by atoms with Gasteiger partial charge in [0.2, 0.25) is 9.84 Å². The smallest absolute Gasteiger partial charge is 0.224 e. The first-order valence-corrected chi connectivity index (χ1v) is 11.3. The van der Waals surface area contributed by atoms with Crippen LogP contribution in [0.4, 0.5) is 0 Å². The zero-order valence-corrected chi connectivity index (χ0v) is 17.5. The summed E-state index contributed by atoms with van der Waals surface area (Å²) in [6.45, 7) is 4.87. The van der Waals surface area contributed by atoms with Gasteiger partial charge in [0.15, 0.2) is 5.03 Å². The number of sulfone groups is 1. The minimum absolute atomic E-state index is 0.110. The van der Waals surface area contributed by atoms with Crippen LogP contribution >= 0.6 is 0 Å². The van der Waals surface area contributed by atoms with Crippen LogP contribution in [0, 0.1) is 0 Å². The van der Waals surface area contributed by atoms with Crippen LogP contribution in [-0.4, -0.2) is 25.2 Å². The minimum atomic E-state index is -3.77. The number of hydrogen-bond donors (Lipinski definition) is 2. The largest absolute Gasteiger partial charge is 0.330 e. The number of aromatic nitrogens is 2. The molecule has 0 aliphatic carbocycles. The van der Waals surface area contributed by atoms with E-state index in [-0.39, 0.29) is 15.3 Å². The molecular weight excluding hydrogens is 382 g/mol. The van der Waals surface area contributed by atoms with Gasteiger partial charge in [0.05, 0.1) is 10.4 Å². The second kappa shape index (κ2) is 7.28. The van der Waals surface area contributed by atoms with E-state index >= 15 is 0 Å². The summed E-state index contributed by atoms with van der Waals surface area (Å²) in [6, 6.07) is 18.7. The third kappa shape index (κ3) is 3.22. The summed E-state index contributed by atoms with van der Waals surface area (Å²) in [6.07, 6.45) is 1.75. The number of benzene rings is 3. The maximum Gasteiger partial charge on any atom is 0.224 e. The molecule has 4 rings (SSSR count). The van der Waals surface area contributed by atoms with Gasteiger partial charge in [-0.25, -0.2) is 8.42 Å². The summed E-state index contributed by atoms with van der Waals surface area (Å²) < 4.78 is 27.2. The molecule has 4 aromatic rings. The van der Waals surface area contributed by atoms with E-state index in [1.807, 2.05) is 48.5 Å². The highest BCUT2D eigenvalue weighted by molar-refractivity contribution is 7.91. The summed E-state index contributed by atoms with van der Waals surface area (Å²) in [7, 11) is -3.77. The number of hydrogen-bond acceptors (Lipinski definition) is 4. The van der Waals surface area contributed by atoms with Crippen LogP contribution in [0.15, 0.2) is 70.6 Å². The van der Waals surface area contributed by atoms with Gasteiger partial charge < -0.3 is 5.73 Å². The van der Waals surface area contributed by atoms with Crippen LogP contribution in [-0.2, 0) is 15.3 Å². The molecule has 0 radical (unpaired) electrons. The van der Waals surface area contributed by atoms with Crippen molar-refractivity contribution >= 4 is 31.5 Å². The van der Waals surface area contributed by atoms with Crippen LogP contribution in [0.1, 0.15) is 32.3 Å². The second-order valence-electron chi connectivity index (χ2n) is 7.72. The highest BCUT2D eigenvalue weighted by Gasteiger charge is 2.28. The number of H-pyrrole nitrogens is 1. The molecule has 29 heavy (non-hydrogen) atoms. The van der Waals surface area contributed by atoms with Gasteiger partial charge >= 0.3 is 0 Å². The van der Waals surface area contributed by atoms with Gasteiger partial charge in [-0.2, -0.15) is 5.10 Å². The number of nitrogens with one attached hydrogen (secondary N) is 1. The molecule has 0 amide bonds. The Morgan fingerprint density at radius 1 is 1.03 bits per heavy atom. The van der Waals surface area contributed by atoms with Gasteiger partial charge in [-0.3, -0.25) is 5.10 Å². The summed E-state index contributed by atoms with van der Waals surface area (Å²) >= 11 is 0. The fourth-order valence-corrected chi connectivity index (χ4v) is 5.52. The maximum absolute atomic E-state index is 13.6. The predicted octanol–water partition coefficient (Wildman–Crippen LogP) is 4.57. The van der Waals surface area contributed by atoms with Gasteiger partial charge in [-0.05, 0) is 54.0 Å². The number of nitrogens with two attached hydrogens (primary N) is 1. The third-order valence-electron chi connectivity index (χ3n) is 6.00. The molecule has 0 aliphatic rings. The Kier molecular flexibility index (Phi) is 4.92. The quantitative estimate of drug-likeness (QED) is 0.490. The van der Waals surface area contributed by atoms with Crippen LogP contribution < -0.4 is 5.73 Å². The number of fused-ring (bicyclic) bond motifs is 2. The van der Waals surface area contributed by atoms with Crippen LogP contribution in [0.3, 0.4) is 0 Å². The Morgan fingerprint density at radius 3 is 2.55 bits per heavy atom. The van der Waals surface area contributed by atoms with E-state index in [1.54, 1.807) is 12.1 Å². The molecule has 3 aromatic carbocycles. The Bertz CT molecular complexity index is 1290. The molecule has 0 saturated carbocycles. The summed E-state index contributed by atoms with van der Waals surface area (Å²) in [4.78, 5) is 0.284. The Hall–Kier alpha value is -2.70. The lowest BCUT2D eigenvalue weighted by atomic mass is 9.77. The average molecular weight is 408 g/mol. The lowest BCUT2D eigenvalue weighted by Gasteiger charge is -2.28. The van der Waals surface area contributed by atoms with E-state index in [9.17, 15) is 8.42 Å². The van der Waals surface area contributed by atoms with Crippen molar-refractivity contribution in [3.63, 3.8) is 0 Å². The number of aromatic amines is 1. The molecule has 1 aromatic heterocycles. The Labute approximate surface area is 170 Å². The molecule has 0 spiro atoms. The maximum atomic E-state index is 13.6. The highest BCUT2D eigenvalue weighted by atomic mass is 32.2. The SMILES string of the molecule is CCC(C)(CCN)c1ccc2n[nH]c(S(=O)(=O)c3cccc4ccccc34)c2c1. The Morgan fingerprint density at radius 2 is 1.79 bits per heavy atom. The molecule has 150 valence electrons. The van der Waals surface area contributed by atoms with E-state index in [4.69, 9.17) is 5.73 Å². The fraction of sp³-hybridized carbons (Fsp3) is 0.261. The Balaban J connectivity index is 1.92. The van der Waals surface area contributed by atoms with Crippen molar-refractivity contribution in [1.82, 2.24) is 10.2 Å². The van der Waals surface area contributed by atoms with Crippen LogP contribution in [0.25, 0.3) is 21.7 Å². The first kappa shape index (κ1) is 19.6. The van der Waals surface area contributed by atoms with Crippen molar-refractivity contribution in [2.75, 3.05) is 6.54 Å². The topological polar surface area (TPSA) is 88.8 Å². The van der Waals surface area contributed by atoms with Crippen molar-refractivity contribution in [1.29, 1.82) is 0 Å². The second-order valence-corrected chi connectivity index (χ2v) is 9.57. The number of rotatable bonds is 6. The molecule has 0 saturated heterocycles. The zero-order valence-electron chi connectivity index (χ0n) is 16.6.